The van der Waals surface area contributed by atoms with E-state index in [1.165, 1.54) is 0 Å². The molecule has 1 aromatic carbocycles. The third-order valence-electron chi connectivity index (χ3n) is 3.29. The van der Waals surface area contributed by atoms with Crippen LogP contribution in [0.1, 0.15) is 16.1 Å². The molecule has 3 rings (SSSR count). The number of aldehydes is 1. The number of Topliss-reactive ketones (excluding diaryl/α,β-unsaturated/α-hetero) is 1. The number of ketones is 1. The largest absolute Gasteiger partial charge is 0.341 e. The fourth-order valence-electron chi connectivity index (χ4n) is 2.36. The summed E-state index contributed by atoms with van der Waals surface area (Å²) >= 11 is 3.45. The highest BCUT2D eigenvalue weighted by atomic mass is 79.9. The van der Waals surface area contributed by atoms with Gasteiger partial charge in [-0.05, 0) is 24.3 Å². The number of halogens is 1. The van der Waals surface area contributed by atoms with Crippen LogP contribution in [0.15, 0.2) is 53.3 Å². The van der Waals surface area contributed by atoms with Crippen molar-refractivity contribution < 1.29 is 9.59 Å². The minimum absolute atomic E-state index is 0.347. The number of carbonyl (C=O) groups is 2. The Morgan fingerprint density at radius 1 is 1.24 bits per heavy atom. The molecule has 5 heteroatoms. The Kier molecular flexibility index (Phi) is 3.66. The Morgan fingerprint density at radius 2 is 2.10 bits per heavy atom. The number of fused-ring (bicyclic) bond motifs is 1. The van der Waals surface area contributed by atoms with Crippen LogP contribution in [0.25, 0.3) is 10.9 Å². The van der Waals surface area contributed by atoms with Gasteiger partial charge in [0.2, 0.25) is 5.78 Å². The Hall–Kier alpha value is -2.27. The van der Waals surface area contributed by atoms with Crippen molar-refractivity contribution in [2.24, 2.45) is 0 Å². The van der Waals surface area contributed by atoms with E-state index in [0.29, 0.717) is 18.4 Å². The van der Waals surface area contributed by atoms with Crippen LogP contribution in [-0.4, -0.2) is 21.6 Å². The summed E-state index contributed by atoms with van der Waals surface area (Å²) in [6.07, 6.45) is 3.79. The second-order valence-electron chi connectivity index (χ2n) is 4.61. The number of hydrogen-bond acceptors (Lipinski definition) is 3. The summed E-state index contributed by atoms with van der Waals surface area (Å²) in [5, 5.41) is 0.755. The molecule has 0 saturated heterocycles. The highest BCUT2D eigenvalue weighted by Crippen LogP contribution is 2.29. The minimum atomic E-state index is -0.522. The molecule has 104 valence electrons. The molecule has 0 N–H and O–H groups in total. The Balaban J connectivity index is 2.17. The molecule has 0 unspecified atom stereocenters. The molecular formula is C16H11BrN2O2. The Bertz CT molecular complexity index is 825. The molecule has 4 nitrogen and oxygen atoms in total. The maximum Gasteiger partial charge on any atom is 0.227 e. The first-order valence-corrected chi connectivity index (χ1v) is 7.17. The van der Waals surface area contributed by atoms with Gasteiger partial charge < -0.3 is 4.57 Å². The van der Waals surface area contributed by atoms with E-state index < -0.39 is 5.78 Å². The van der Waals surface area contributed by atoms with Gasteiger partial charge >= 0.3 is 0 Å². The van der Waals surface area contributed by atoms with Crippen molar-refractivity contribution in [1.29, 1.82) is 0 Å². The van der Waals surface area contributed by atoms with Crippen molar-refractivity contribution in [3.8, 4) is 0 Å². The van der Waals surface area contributed by atoms with Crippen molar-refractivity contribution in [3.63, 3.8) is 0 Å². The third kappa shape index (κ3) is 2.52. The van der Waals surface area contributed by atoms with Gasteiger partial charge in [0.25, 0.3) is 0 Å². The van der Waals surface area contributed by atoms with E-state index in [1.807, 2.05) is 41.0 Å². The zero-order valence-electron chi connectivity index (χ0n) is 11.0. The van der Waals surface area contributed by atoms with Crippen molar-refractivity contribution in [3.05, 3.63) is 64.5 Å². The summed E-state index contributed by atoms with van der Waals surface area (Å²) in [7, 11) is 0. The van der Waals surface area contributed by atoms with Crippen LogP contribution in [-0.2, 0) is 11.3 Å². The average Bonchev–Trinajstić information content (AvgIpc) is 2.88. The number of hydrogen-bond donors (Lipinski definition) is 0. The lowest BCUT2D eigenvalue weighted by Crippen LogP contribution is -2.01. The molecule has 2 heterocycles. The lowest BCUT2D eigenvalue weighted by molar-refractivity contribution is -0.104. The zero-order chi connectivity index (χ0) is 14.8. The molecule has 0 radical (unpaired) electrons. The molecule has 0 bridgehead atoms. The highest BCUT2D eigenvalue weighted by Gasteiger charge is 2.16. The van der Waals surface area contributed by atoms with Gasteiger partial charge in [-0.3, -0.25) is 14.6 Å². The number of benzene rings is 1. The predicted molar refractivity (Wildman–Crippen MR) is 83.4 cm³/mol. The van der Waals surface area contributed by atoms with Crippen molar-refractivity contribution in [1.82, 2.24) is 9.55 Å². The normalized spacial score (nSPS) is 10.7. The lowest BCUT2D eigenvalue weighted by Gasteiger charge is -2.04. The van der Waals surface area contributed by atoms with Gasteiger partial charge in [0.1, 0.15) is 0 Å². The molecule has 0 amide bonds. The van der Waals surface area contributed by atoms with Crippen LogP contribution < -0.4 is 0 Å². The van der Waals surface area contributed by atoms with E-state index in [4.69, 9.17) is 0 Å². The molecule has 0 aliphatic rings. The molecule has 0 fully saturated rings. The highest BCUT2D eigenvalue weighted by molar-refractivity contribution is 9.10. The molecule has 0 aliphatic heterocycles. The van der Waals surface area contributed by atoms with Crippen LogP contribution in [0.3, 0.4) is 0 Å². The van der Waals surface area contributed by atoms with Crippen LogP contribution in [0.4, 0.5) is 0 Å². The van der Waals surface area contributed by atoms with E-state index in [9.17, 15) is 9.59 Å². The van der Waals surface area contributed by atoms with Gasteiger partial charge in [0.05, 0.1) is 23.3 Å². The van der Waals surface area contributed by atoms with Crippen molar-refractivity contribution in [2.75, 3.05) is 0 Å². The molecule has 21 heavy (non-hydrogen) atoms. The number of pyridine rings is 1. The minimum Gasteiger partial charge on any atom is -0.341 e. The molecule has 2 aromatic heterocycles. The molecule has 3 aromatic rings. The SMILES string of the molecule is O=CC(=O)c1cn(Cc2ccccn2)c2cccc(Br)c12. The van der Waals surface area contributed by atoms with E-state index in [1.54, 1.807) is 12.4 Å². The summed E-state index contributed by atoms with van der Waals surface area (Å²) < 4.78 is 2.73. The standard InChI is InChI=1S/C16H11BrN2O2/c17-13-5-3-6-14-16(13)12(15(21)10-20)9-19(14)8-11-4-1-2-7-18-11/h1-7,9-10H,8H2. The first-order valence-electron chi connectivity index (χ1n) is 6.37. The Morgan fingerprint density at radius 3 is 2.81 bits per heavy atom. The van der Waals surface area contributed by atoms with Crippen LogP contribution in [0.5, 0.6) is 0 Å². The quantitative estimate of drug-likeness (QED) is 0.415. The number of aromatic nitrogens is 2. The predicted octanol–water partition coefficient (Wildman–Crippen LogP) is 3.23. The monoisotopic (exact) mass is 342 g/mol. The first kappa shape index (κ1) is 13.7. The number of carbonyl (C=O) groups excluding carboxylic acids is 2. The maximum absolute atomic E-state index is 11.8. The number of nitrogens with zero attached hydrogens (tertiary/aromatic N) is 2. The summed E-state index contributed by atoms with van der Waals surface area (Å²) in [5.74, 6) is -0.522. The second kappa shape index (κ2) is 5.61. The molecule has 0 saturated carbocycles. The van der Waals surface area contributed by atoms with Gasteiger partial charge in [-0.15, -0.1) is 0 Å². The first-order chi connectivity index (χ1) is 10.2. The van der Waals surface area contributed by atoms with Gasteiger partial charge in [-0.2, -0.15) is 0 Å². The fraction of sp³-hybridized carbons (Fsp3) is 0.0625. The average molecular weight is 343 g/mol. The lowest BCUT2D eigenvalue weighted by atomic mass is 10.1. The van der Waals surface area contributed by atoms with E-state index in [-0.39, 0.29) is 0 Å². The van der Waals surface area contributed by atoms with Crippen molar-refractivity contribution >= 4 is 38.9 Å². The molecule has 0 aliphatic carbocycles. The van der Waals surface area contributed by atoms with E-state index in [2.05, 4.69) is 20.9 Å². The fourth-order valence-corrected chi connectivity index (χ4v) is 2.93. The summed E-state index contributed by atoms with van der Waals surface area (Å²) in [4.78, 5) is 27.0. The summed E-state index contributed by atoms with van der Waals surface area (Å²) in [5.41, 5.74) is 2.18. The van der Waals surface area contributed by atoms with Crippen molar-refractivity contribution in [2.45, 2.75) is 6.54 Å². The van der Waals surface area contributed by atoms with Gasteiger partial charge in [-0.1, -0.05) is 28.1 Å². The van der Waals surface area contributed by atoms with Crippen LogP contribution >= 0.6 is 15.9 Å². The number of rotatable bonds is 4. The Labute approximate surface area is 129 Å². The summed E-state index contributed by atoms with van der Waals surface area (Å²) in [6.45, 7) is 0.542. The summed E-state index contributed by atoms with van der Waals surface area (Å²) in [6, 6.07) is 11.4. The molecular weight excluding hydrogens is 332 g/mol. The molecule has 0 atom stereocenters. The van der Waals surface area contributed by atoms with E-state index in [0.717, 1.165) is 21.1 Å². The van der Waals surface area contributed by atoms with Crippen LogP contribution in [0, 0.1) is 0 Å². The second-order valence-corrected chi connectivity index (χ2v) is 5.46. The topological polar surface area (TPSA) is 52.0 Å². The maximum atomic E-state index is 11.8. The zero-order valence-corrected chi connectivity index (χ0v) is 12.6. The van der Waals surface area contributed by atoms with Crippen LogP contribution in [0.2, 0.25) is 0 Å². The smallest absolute Gasteiger partial charge is 0.227 e. The van der Waals surface area contributed by atoms with Gasteiger partial charge in [0, 0.05) is 22.3 Å². The molecule has 0 spiro atoms. The van der Waals surface area contributed by atoms with Gasteiger partial charge in [0.15, 0.2) is 6.29 Å². The van der Waals surface area contributed by atoms with E-state index >= 15 is 0 Å². The third-order valence-corrected chi connectivity index (χ3v) is 3.95. The van der Waals surface area contributed by atoms with Gasteiger partial charge in [-0.25, -0.2) is 0 Å².